The van der Waals surface area contributed by atoms with Crippen LogP contribution >= 0.6 is 0 Å². The van der Waals surface area contributed by atoms with Crippen LogP contribution in [0.15, 0.2) is 55.1 Å². The smallest absolute Gasteiger partial charge is 0.375 e. The molecule has 0 radical (unpaired) electrons. The number of hydroxylamine groups is 1. The molecule has 3 aromatic rings. The molecule has 2 aromatic heterocycles. The lowest BCUT2D eigenvalue weighted by atomic mass is 9.98. The number of hydrogen-bond donors (Lipinski definition) is 0. The van der Waals surface area contributed by atoms with E-state index < -0.39 is 29.5 Å². The molecular formula is C20H15F6N5O. The second kappa shape index (κ2) is 7.84. The number of anilines is 1. The number of halogens is 6. The maximum Gasteiger partial charge on any atom is 0.416 e. The summed E-state index contributed by atoms with van der Waals surface area (Å²) in [5, 5.41) is 5.52. The lowest BCUT2D eigenvalue weighted by Gasteiger charge is -2.21. The van der Waals surface area contributed by atoms with Crippen molar-refractivity contribution in [2.75, 3.05) is 11.6 Å². The van der Waals surface area contributed by atoms with Crippen molar-refractivity contribution >= 4 is 11.4 Å². The highest BCUT2D eigenvalue weighted by Crippen LogP contribution is 2.40. The average Bonchev–Trinajstić information content (AvgIpc) is 3.42. The second-order valence-corrected chi connectivity index (χ2v) is 6.95. The summed E-state index contributed by atoms with van der Waals surface area (Å²) in [5.41, 5.74) is -2.62. The third-order valence-electron chi connectivity index (χ3n) is 4.85. The van der Waals surface area contributed by atoms with Gasteiger partial charge in [0.25, 0.3) is 0 Å². The van der Waals surface area contributed by atoms with Gasteiger partial charge in [-0.05, 0) is 36.8 Å². The topological polar surface area (TPSA) is 56.1 Å². The van der Waals surface area contributed by atoms with Gasteiger partial charge < -0.3 is 4.84 Å². The van der Waals surface area contributed by atoms with Gasteiger partial charge in [0.1, 0.15) is 5.69 Å². The minimum absolute atomic E-state index is 0.121. The van der Waals surface area contributed by atoms with Crippen LogP contribution in [0.1, 0.15) is 35.5 Å². The maximum absolute atomic E-state index is 13.5. The van der Waals surface area contributed by atoms with E-state index in [-0.39, 0.29) is 11.6 Å². The fourth-order valence-electron chi connectivity index (χ4n) is 3.23. The van der Waals surface area contributed by atoms with E-state index in [1.165, 1.54) is 29.1 Å². The molecule has 0 amide bonds. The van der Waals surface area contributed by atoms with Gasteiger partial charge >= 0.3 is 12.4 Å². The Bertz CT molecular complexity index is 1140. The van der Waals surface area contributed by atoms with Crippen LogP contribution in [0, 0.1) is 0 Å². The zero-order chi connectivity index (χ0) is 23.1. The number of hydrogen-bond acceptors (Lipinski definition) is 5. The molecule has 6 nitrogen and oxygen atoms in total. The highest BCUT2D eigenvalue weighted by Gasteiger charge is 2.39. The predicted molar refractivity (Wildman–Crippen MR) is 101 cm³/mol. The van der Waals surface area contributed by atoms with E-state index in [0.29, 0.717) is 29.9 Å². The first-order valence-corrected chi connectivity index (χ1v) is 9.29. The largest absolute Gasteiger partial charge is 0.416 e. The summed E-state index contributed by atoms with van der Waals surface area (Å²) in [6.45, 7) is 1.74. The Hall–Kier alpha value is -3.57. The normalized spacial score (nSPS) is 15.5. The monoisotopic (exact) mass is 455 g/mol. The van der Waals surface area contributed by atoms with Crippen LogP contribution in [-0.2, 0) is 17.2 Å². The molecule has 1 aliphatic rings. The van der Waals surface area contributed by atoms with E-state index >= 15 is 0 Å². The summed E-state index contributed by atoms with van der Waals surface area (Å²) in [4.78, 5) is 13.8. The number of aromatic nitrogens is 4. The summed E-state index contributed by atoms with van der Waals surface area (Å²) >= 11 is 0. The van der Waals surface area contributed by atoms with Gasteiger partial charge in [0.05, 0.1) is 36.1 Å². The van der Waals surface area contributed by atoms with Crippen molar-refractivity contribution in [2.24, 2.45) is 0 Å². The molecule has 3 heterocycles. The van der Waals surface area contributed by atoms with Crippen molar-refractivity contribution in [1.29, 1.82) is 0 Å². The molecule has 4 rings (SSSR count). The molecule has 168 valence electrons. The number of alkyl halides is 6. The fraction of sp³-hybridized carbons (Fsp3) is 0.250. The van der Waals surface area contributed by atoms with E-state index in [1.807, 2.05) is 0 Å². The molecule has 0 saturated carbocycles. The Kier molecular flexibility index (Phi) is 5.31. The van der Waals surface area contributed by atoms with E-state index in [1.54, 1.807) is 24.5 Å². The second-order valence-electron chi connectivity index (χ2n) is 6.95. The molecule has 0 fully saturated rings. The number of benzene rings is 1. The fourth-order valence-corrected chi connectivity index (χ4v) is 3.23. The molecular weight excluding hydrogens is 440 g/mol. The summed E-state index contributed by atoms with van der Waals surface area (Å²) in [6, 6.07) is 2.24. The quantitative estimate of drug-likeness (QED) is 0.512. The molecule has 32 heavy (non-hydrogen) atoms. The van der Waals surface area contributed by atoms with Crippen LogP contribution in [0.25, 0.3) is 5.76 Å². The third-order valence-corrected chi connectivity index (χ3v) is 4.85. The first-order valence-electron chi connectivity index (χ1n) is 9.29. The Morgan fingerprint density at radius 2 is 1.75 bits per heavy atom. The third kappa shape index (κ3) is 4.25. The molecule has 12 heteroatoms. The lowest BCUT2D eigenvalue weighted by Crippen LogP contribution is -2.18. The van der Waals surface area contributed by atoms with Gasteiger partial charge in [-0.2, -0.15) is 31.4 Å². The standard InChI is InChI=1S/C20H15F6N5O/c1-12(15-4-3-13(19(21,22)23)9-16(15)20(24,25)26)30-11-14(10-29-30)31-8-5-17(32-31)18-27-6-2-7-28-18/h2-7,9-12H,8H2,1H3. The summed E-state index contributed by atoms with van der Waals surface area (Å²) in [7, 11) is 0. The van der Waals surface area contributed by atoms with Gasteiger partial charge in [-0.15, -0.1) is 0 Å². The van der Waals surface area contributed by atoms with Crippen LogP contribution in [0.4, 0.5) is 32.0 Å². The minimum Gasteiger partial charge on any atom is -0.375 e. The zero-order valence-electron chi connectivity index (χ0n) is 16.4. The maximum atomic E-state index is 13.5. The zero-order valence-corrected chi connectivity index (χ0v) is 16.4. The molecule has 0 bridgehead atoms. The summed E-state index contributed by atoms with van der Waals surface area (Å²) in [6.07, 6.45) is -2.18. The molecule has 1 aliphatic heterocycles. The molecule has 1 atom stereocenters. The van der Waals surface area contributed by atoms with Gasteiger partial charge in [-0.1, -0.05) is 6.07 Å². The summed E-state index contributed by atoms with van der Waals surface area (Å²) in [5.74, 6) is 0.781. The Labute approximate surface area is 177 Å². The van der Waals surface area contributed by atoms with Crippen LogP contribution in [0.3, 0.4) is 0 Å². The summed E-state index contributed by atoms with van der Waals surface area (Å²) < 4.78 is 80.5. The first-order chi connectivity index (χ1) is 15.0. The molecule has 0 saturated heterocycles. The average molecular weight is 455 g/mol. The Morgan fingerprint density at radius 3 is 2.41 bits per heavy atom. The molecule has 1 unspecified atom stereocenters. The Morgan fingerprint density at radius 1 is 1.03 bits per heavy atom. The van der Waals surface area contributed by atoms with Crippen molar-refractivity contribution in [3.05, 3.63) is 77.6 Å². The lowest BCUT2D eigenvalue weighted by molar-refractivity contribution is -0.143. The molecule has 0 aliphatic carbocycles. The SMILES string of the molecule is CC(c1ccc(C(F)(F)F)cc1C(F)(F)F)n1cc(N2CC=C(c3ncccn3)O2)cn1. The van der Waals surface area contributed by atoms with Crippen molar-refractivity contribution in [3.63, 3.8) is 0 Å². The molecule has 1 aromatic carbocycles. The molecule has 0 N–H and O–H groups in total. The molecule has 0 spiro atoms. The van der Waals surface area contributed by atoms with Crippen LogP contribution in [-0.4, -0.2) is 26.3 Å². The van der Waals surface area contributed by atoms with Gasteiger partial charge in [0.2, 0.25) is 0 Å². The van der Waals surface area contributed by atoms with Crippen LogP contribution < -0.4 is 5.06 Å². The van der Waals surface area contributed by atoms with Gasteiger partial charge in [-0.25, -0.2) is 15.0 Å². The van der Waals surface area contributed by atoms with Gasteiger partial charge in [-0.3, -0.25) is 4.68 Å². The highest BCUT2D eigenvalue weighted by atomic mass is 19.4. The number of nitrogens with zero attached hydrogens (tertiary/aromatic N) is 5. The predicted octanol–water partition coefficient (Wildman–Crippen LogP) is 5.11. The first kappa shape index (κ1) is 21.7. The Balaban J connectivity index is 1.58. The number of rotatable bonds is 4. The highest BCUT2D eigenvalue weighted by molar-refractivity contribution is 5.59. The van der Waals surface area contributed by atoms with Crippen molar-refractivity contribution < 1.29 is 31.2 Å². The minimum atomic E-state index is -4.96. The van der Waals surface area contributed by atoms with E-state index in [4.69, 9.17) is 4.84 Å². The van der Waals surface area contributed by atoms with Crippen molar-refractivity contribution in [2.45, 2.75) is 25.3 Å². The van der Waals surface area contributed by atoms with E-state index in [0.717, 1.165) is 6.07 Å². The van der Waals surface area contributed by atoms with Crippen molar-refractivity contribution in [1.82, 2.24) is 19.7 Å². The van der Waals surface area contributed by atoms with Crippen LogP contribution in [0.5, 0.6) is 0 Å². The van der Waals surface area contributed by atoms with E-state index in [9.17, 15) is 26.3 Å². The van der Waals surface area contributed by atoms with Gasteiger partial charge in [0.15, 0.2) is 11.6 Å². The van der Waals surface area contributed by atoms with Crippen molar-refractivity contribution in [3.8, 4) is 0 Å². The van der Waals surface area contributed by atoms with E-state index in [2.05, 4.69) is 15.1 Å². The van der Waals surface area contributed by atoms with Gasteiger partial charge in [0, 0.05) is 12.4 Å². The van der Waals surface area contributed by atoms with Crippen LogP contribution in [0.2, 0.25) is 0 Å².